The highest BCUT2D eigenvalue weighted by atomic mass is 35.5. The number of ether oxygens (including phenoxy) is 1. The lowest BCUT2D eigenvalue weighted by atomic mass is 10.1. The second-order valence-corrected chi connectivity index (χ2v) is 11.0. The molecule has 2 atom stereocenters. The van der Waals surface area contributed by atoms with Crippen molar-refractivity contribution in [2.75, 3.05) is 19.7 Å². The molecule has 0 saturated carbocycles. The highest BCUT2D eigenvalue weighted by molar-refractivity contribution is 7.89. The minimum atomic E-state index is -4.02. The molecule has 4 rings (SSSR count). The smallest absolute Gasteiger partial charge is 0.248 e. The Bertz CT molecular complexity index is 1150. The molecule has 0 spiro atoms. The highest BCUT2D eigenvalue weighted by Gasteiger charge is 2.41. The van der Waals surface area contributed by atoms with E-state index in [1.807, 2.05) is 6.07 Å². The van der Waals surface area contributed by atoms with Gasteiger partial charge in [0.2, 0.25) is 10.0 Å². The minimum Gasteiger partial charge on any atom is -0.456 e. The molecule has 2 aliphatic heterocycles. The van der Waals surface area contributed by atoms with Crippen LogP contribution in [0.3, 0.4) is 0 Å². The van der Waals surface area contributed by atoms with Crippen molar-refractivity contribution in [3.8, 4) is 17.6 Å². The summed E-state index contributed by atoms with van der Waals surface area (Å²) in [6.07, 6.45) is 3.76. The van der Waals surface area contributed by atoms with Crippen LogP contribution >= 0.6 is 23.2 Å². The van der Waals surface area contributed by atoms with Gasteiger partial charge in [-0.1, -0.05) is 23.2 Å². The number of nitriles is 1. The van der Waals surface area contributed by atoms with Crippen LogP contribution in [0, 0.1) is 11.3 Å². The van der Waals surface area contributed by atoms with E-state index in [1.165, 1.54) is 22.5 Å². The second-order valence-electron chi connectivity index (χ2n) is 8.29. The molecule has 33 heavy (non-hydrogen) atoms. The first-order chi connectivity index (χ1) is 15.8. The highest BCUT2D eigenvalue weighted by Crippen LogP contribution is 2.37. The van der Waals surface area contributed by atoms with Crippen molar-refractivity contribution in [3.63, 3.8) is 0 Å². The Labute approximate surface area is 204 Å². The molecule has 1 N–H and O–H groups in total. The van der Waals surface area contributed by atoms with Gasteiger partial charge in [-0.3, -0.25) is 4.90 Å². The molecule has 1 unspecified atom stereocenters. The summed E-state index contributed by atoms with van der Waals surface area (Å²) in [6.45, 7) is 1.10. The minimum absolute atomic E-state index is 0.00179. The van der Waals surface area contributed by atoms with Gasteiger partial charge in [0.05, 0.1) is 24.4 Å². The number of aliphatic hydroxyl groups excluding tert-OH is 1. The first kappa shape index (κ1) is 24.3. The molecule has 10 heteroatoms. The summed E-state index contributed by atoms with van der Waals surface area (Å²) < 4.78 is 35.3. The molecule has 7 nitrogen and oxygen atoms in total. The third kappa shape index (κ3) is 5.14. The van der Waals surface area contributed by atoms with Crippen LogP contribution < -0.4 is 4.74 Å². The molecular weight excluding hydrogens is 485 g/mol. The van der Waals surface area contributed by atoms with Crippen LogP contribution in [-0.4, -0.2) is 54.6 Å². The van der Waals surface area contributed by atoms with Crippen molar-refractivity contribution in [1.29, 1.82) is 5.26 Å². The number of hydrogen-bond acceptors (Lipinski definition) is 6. The van der Waals surface area contributed by atoms with Crippen molar-refractivity contribution in [3.05, 3.63) is 52.0 Å². The van der Waals surface area contributed by atoms with Gasteiger partial charge in [-0.2, -0.15) is 9.57 Å². The Morgan fingerprint density at radius 2 is 1.82 bits per heavy atom. The molecule has 2 fully saturated rings. The molecule has 2 aliphatic rings. The van der Waals surface area contributed by atoms with Crippen molar-refractivity contribution in [2.45, 2.75) is 49.2 Å². The van der Waals surface area contributed by atoms with E-state index in [1.54, 1.807) is 18.2 Å². The molecule has 2 aromatic rings. The van der Waals surface area contributed by atoms with Gasteiger partial charge in [0.15, 0.2) is 0 Å². The molecule has 2 heterocycles. The average Bonchev–Trinajstić information content (AvgIpc) is 3.27. The van der Waals surface area contributed by atoms with Crippen LogP contribution in [0.4, 0.5) is 0 Å². The summed E-state index contributed by atoms with van der Waals surface area (Å²) in [6, 6.07) is 10.9. The van der Waals surface area contributed by atoms with Gasteiger partial charge in [-0.15, -0.1) is 0 Å². The van der Waals surface area contributed by atoms with Gasteiger partial charge in [-0.25, -0.2) is 8.42 Å². The lowest BCUT2D eigenvalue weighted by molar-refractivity contribution is 0.0380. The quantitative estimate of drug-likeness (QED) is 0.610. The van der Waals surface area contributed by atoms with Gasteiger partial charge >= 0.3 is 0 Å². The van der Waals surface area contributed by atoms with Gasteiger partial charge < -0.3 is 9.84 Å². The van der Waals surface area contributed by atoms with E-state index in [0.717, 1.165) is 32.2 Å². The van der Waals surface area contributed by atoms with E-state index in [9.17, 15) is 18.8 Å². The largest absolute Gasteiger partial charge is 0.456 e. The monoisotopic (exact) mass is 509 g/mol. The molecule has 0 aromatic heterocycles. The van der Waals surface area contributed by atoms with Crippen LogP contribution in [0.25, 0.3) is 0 Å². The topological polar surface area (TPSA) is 93.9 Å². The zero-order valence-corrected chi connectivity index (χ0v) is 20.3. The van der Waals surface area contributed by atoms with Gasteiger partial charge in [-0.05, 0) is 68.5 Å². The number of aliphatic hydroxyl groups is 1. The summed E-state index contributed by atoms with van der Waals surface area (Å²) in [5.41, 5.74) is 0.216. The van der Waals surface area contributed by atoms with Crippen LogP contribution in [-0.2, 0) is 10.0 Å². The SMILES string of the molecule is N#Cc1ccc(Oc2cc(Cl)cc(Cl)c2)c(S(=O)(=O)N2CCCCC2N2CCC[C@H]2CO)c1. The number of sulfonamides is 1. The average molecular weight is 510 g/mol. The first-order valence-corrected chi connectivity index (χ1v) is 13.1. The molecule has 0 aliphatic carbocycles. The molecule has 176 valence electrons. The second kappa shape index (κ2) is 10.2. The summed E-state index contributed by atoms with van der Waals surface area (Å²) in [5, 5.41) is 19.9. The van der Waals surface area contributed by atoms with Crippen LogP contribution in [0.2, 0.25) is 10.0 Å². The van der Waals surface area contributed by atoms with E-state index >= 15 is 0 Å². The predicted molar refractivity (Wildman–Crippen MR) is 126 cm³/mol. The standard InChI is InChI=1S/C23H25Cl2N3O4S/c24-17-11-18(25)13-20(12-17)32-21-7-6-16(14-26)10-22(21)33(30,31)28-9-2-1-5-23(28)27-8-3-4-19(27)15-29/h6-7,10-13,19,23,29H,1-5,8-9,15H2/t19-,23?/m0/s1. The summed E-state index contributed by atoms with van der Waals surface area (Å²) >= 11 is 12.1. The molecule has 2 aromatic carbocycles. The van der Waals surface area contributed by atoms with Gasteiger partial charge in [0.25, 0.3) is 0 Å². The third-order valence-electron chi connectivity index (χ3n) is 6.16. The van der Waals surface area contributed by atoms with Crippen LogP contribution in [0.5, 0.6) is 11.5 Å². The fourth-order valence-electron chi connectivity index (χ4n) is 4.65. The number of benzene rings is 2. The van der Waals surface area contributed by atoms with Crippen LogP contribution in [0.15, 0.2) is 41.3 Å². The maximum absolute atomic E-state index is 14.0. The molecule has 0 bridgehead atoms. The fraction of sp³-hybridized carbons (Fsp3) is 0.435. The van der Waals surface area contributed by atoms with E-state index in [-0.39, 0.29) is 35.0 Å². The van der Waals surface area contributed by atoms with E-state index in [2.05, 4.69) is 4.90 Å². The van der Waals surface area contributed by atoms with Crippen LogP contribution in [0.1, 0.15) is 37.7 Å². The normalized spacial score (nSPS) is 22.2. The van der Waals surface area contributed by atoms with E-state index in [0.29, 0.717) is 28.8 Å². The Kier molecular flexibility index (Phi) is 7.49. The zero-order valence-electron chi connectivity index (χ0n) is 18.0. The number of halogens is 2. The Morgan fingerprint density at radius 1 is 1.06 bits per heavy atom. The lowest BCUT2D eigenvalue weighted by Crippen LogP contribution is -2.55. The number of rotatable bonds is 6. The van der Waals surface area contributed by atoms with E-state index < -0.39 is 10.0 Å². The number of likely N-dealkylation sites (tertiary alicyclic amines) is 1. The Balaban J connectivity index is 1.74. The van der Waals surface area contributed by atoms with Crippen molar-refractivity contribution >= 4 is 33.2 Å². The Hall–Kier alpha value is -1.86. The number of piperidine rings is 1. The Morgan fingerprint density at radius 3 is 2.52 bits per heavy atom. The molecular formula is C23H25Cl2N3O4S. The molecule has 0 amide bonds. The lowest BCUT2D eigenvalue weighted by Gasteiger charge is -2.42. The van der Waals surface area contributed by atoms with Crippen molar-refractivity contribution in [1.82, 2.24) is 9.21 Å². The predicted octanol–water partition coefficient (Wildman–Crippen LogP) is 4.61. The first-order valence-electron chi connectivity index (χ1n) is 10.9. The summed E-state index contributed by atoms with van der Waals surface area (Å²) in [7, 11) is -4.02. The number of nitrogens with zero attached hydrogens (tertiary/aromatic N) is 3. The number of hydrogen-bond donors (Lipinski definition) is 1. The summed E-state index contributed by atoms with van der Waals surface area (Å²) in [4.78, 5) is 2.02. The zero-order chi connectivity index (χ0) is 23.6. The molecule has 2 saturated heterocycles. The summed E-state index contributed by atoms with van der Waals surface area (Å²) in [5.74, 6) is 0.389. The van der Waals surface area contributed by atoms with Gasteiger partial charge in [0.1, 0.15) is 16.4 Å². The van der Waals surface area contributed by atoms with Crippen molar-refractivity contribution < 1.29 is 18.3 Å². The van der Waals surface area contributed by atoms with E-state index in [4.69, 9.17) is 27.9 Å². The molecule has 0 radical (unpaired) electrons. The maximum Gasteiger partial charge on any atom is 0.248 e. The van der Waals surface area contributed by atoms with Gasteiger partial charge in [0, 0.05) is 29.2 Å². The third-order valence-corrected chi connectivity index (χ3v) is 8.52. The fourth-order valence-corrected chi connectivity index (χ4v) is 6.96. The maximum atomic E-state index is 14.0. The van der Waals surface area contributed by atoms with Crippen molar-refractivity contribution in [2.24, 2.45) is 0 Å².